The Morgan fingerprint density at radius 3 is 2.89 bits per heavy atom. The predicted octanol–water partition coefficient (Wildman–Crippen LogP) is 0.833. The van der Waals surface area contributed by atoms with Gasteiger partial charge in [-0.05, 0) is 19.1 Å². The van der Waals surface area contributed by atoms with Crippen LogP contribution in [0.25, 0.3) is 0 Å². The lowest BCUT2D eigenvalue weighted by Gasteiger charge is -2.30. The summed E-state index contributed by atoms with van der Waals surface area (Å²) in [7, 11) is 0. The molecule has 1 aromatic rings. The molecule has 19 heavy (non-hydrogen) atoms. The van der Waals surface area contributed by atoms with Crippen molar-refractivity contribution in [2.24, 2.45) is 0 Å². The van der Waals surface area contributed by atoms with E-state index in [0.717, 1.165) is 11.5 Å². The SMILES string of the molecule is Cc1ccc(CCC(=O)N2CCO[C@@H](C(=O)O)C2)o1. The van der Waals surface area contributed by atoms with Crippen LogP contribution in [0.2, 0.25) is 0 Å². The van der Waals surface area contributed by atoms with Gasteiger partial charge in [-0.15, -0.1) is 0 Å². The highest BCUT2D eigenvalue weighted by Crippen LogP contribution is 2.12. The summed E-state index contributed by atoms with van der Waals surface area (Å²) in [5, 5.41) is 8.87. The summed E-state index contributed by atoms with van der Waals surface area (Å²) in [4.78, 5) is 24.3. The lowest BCUT2D eigenvalue weighted by molar-refractivity contribution is -0.159. The predicted molar refractivity (Wildman–Crippen MR) is 65.7 cm³/mol. The highest BCUT2D eigenvalue weighted by molar-refractivity contribution is 5.78. The van der Waals surface area contributed by atoms with Crippen molar-refractivity contribution in [2.75, 3.05) is 19.7 Å². The van der Waals surface area contributed by atoms with E-state index in [9.17, 15) is 9.59 Å². The van der Waals surface area contributed by atoms with Crippen LogP contribution in [0.5, 0.6) is 0 Å². The van der Waals surface area contributed by atoms with Crippen molar-refractivity contribution in [2.45, 2.75) is 25.9 Å². The van der Waals surface area contributed by atoms with Crippen LogP contribution in [0.15, 0.2) is 16.5 Å². The fraction of sp³-hybridized carbons (Fsp3) is 0.538. The molecule has 1 amide bonds. The zero-order valence-corrected chi connectivity index (χ0v) is 10.8. The molecule has 2 rings (SSSR count). The number of amides is 1. The molecule has 1 aromatic heterocycles. The van der Waals surface area contributed by atoms with Gasteiger partial charge in [-0.2, -0.15) is 0 Å². The summed E-state index contributed by atoms with van der Waals surface area (Å²) < 4.78 is 10.5. The first-order valence-electron chi connectivity index (χ1n) is 6.24. The minimum Gasteiger partial charge on any atom is -0.479 e. The van der Waals surface area contributed by atoms with Crippen LogP contribution in [-0.2, 0) is 20.7 Å². The van der Waals surface area contributed by atoms with Crippen molar-refractivity contribution in [3.05, 3.63) is 23.7 Å². The Morgan fingerprint density at radius 2 is 2.26 bits per heavy atom. The summed E-state index contributed by atoms with van der Waals surface area (Å²) in [6.07, 6.45) is -0.0651. The number of aryl methyl sites for hydroxylation is 2. The third-order valence-corrected chi connectivity index (χ3v) is 3.08. The Kier molecular flexibility index (Phi) is 4.21. The Hall–Kier alpha value is -1.82. The third-order valence-electron chi connectivity index (χ3n) is 3.08. The molecule has 0 unspecified atom stereocenters. The van der Waals surface area contributed by atoms with Gasteiger partial charge in [0.1, 0.15) is 11.5 Å². The second kappa shape index (κ2) is 5.88. The van der Waals surface area contributed by atoms with E-state index < -0.39 is 12.1 Å². The number of aliphatic carboxylic acids is 1. The largest absolute Gasteiger partial charge is 0.479 e. The van der Waals surface area contributed by atoms with Crippen molar-refractivity contribution >= 4 is 11.9 Å². The van der Waals surface area contributed by atoms with Gasteiger partial charge >= 0.3 is 5.97 Å². The highest BCUT2D eigenvalue weighted by atomic mass is 16.5. The van der Waals surface area contributed by atoms with Gasteiger partial charge in [0.2, 0.25) is 5.91 Å². The number of morpholine rings is 1. The van der Waals surface area contributed by atoms with Gasteiger partial charge in [0.15, 0.2) is 6.10 Å². The van der Waals surface area contributed by atoms with E-state index in [-0.39, 0.29) is 19.1 Å². The second-order valence-electron chi connectivity index (χ2n) is 4.55. The summed E-state index contributed by atoms with van der Waals surface area (Å²) in [6.45, 7) is 2.68. The molecule has 1 N–H and O–H groups in total. The Bertz CT molecular complexity index is 467. The number of carbonyl (C=O) groups excluding carboxylic acids is 1. The van der Waals surface area contributed by atoms with E-state index in [1.807, 2.05) is 19.1 Å². The van der Waals surface area contributed by atoms with Crippen molar-refractivity contribution in [1.29, 1.82) is 0 Å². The average molecular weight is 267 g/mol. The lowest BCUT2D eigenvalue weighted by atomic mass is 10.2. The van der Waals surface area contributed by atoms with Crippen LogP contribution < -0.4 is 0 Å². The molecule has 104 valence electrons. The standard InChI is InChI=1S/C13H17NO5/c1-9-2-3-10(19-9)4-5-12(15)14-6-7-18-11(8-14)13(16)17/h2-3,11H,4-8H2,1H3,(H,16,17)/t11-/m1/s1. The van der Waals surface area contributed by atoms with E-state index in [0.29, 0.717) is 19.4 Å². The zero-order chi connectivity index (χ0) is 13.8. The molecule has 0 radical (unpaired) electrons. The normalized spacial score (nSPS) is 19.4. The van der Waals surface area contributed by atoms with Crippen LogP contribution in [-0.4, -0.2) is 47.7 Å². The van der Waals surface area contributed by atoms with Crippen molar-refractivity contribution in [3.8, 4) is 0 Å². The molecular formula is C13H17NO5. The molecule has 1 saturated heterocycles. The second-order valence-corrected chi connectivity index (χ2v) is 4.55. The van der Waals surface area contributed by atoms with Gasteiger partial charge in [-0.1, -0.05) is 0 Å². The molecule has 0 aliphatic carbocycles. The van der Waals surface area contributed by atoms with Crippen LogP contribution in [0, 0.1) is 6.92 Å². The van der Waals surface area contributed by atoms with Crippen LogP contribution in [0.3, 0.4) is 0 Å². The maximum atomic E-state index is 12.0. The van der Waals surface area contributed by atoms with Gasteiger partial charge in [0.05, 0.1) is 13.2 Å². The molecule has 1 atom stereocenters. The molecule has 0 saturated carbocycles. The van der Waals surface area contributed by atoms with E-state index >= 15 is 0 Å². The average Bonchev–Trinajstić information content (AvgIpc) is 2.82. The quantitative estimate of drug-likeness (QED) is 0.874. The number of furan rings is 1. The molecule has 2 heterocycles. The number of ether oxygens (including phenoxy) is 1. The van der Waals surface area contributed by atoms with Crippen LogP contribution >= 0.6 is 0 Å². The molecule has 1 aliphatic heterocycles. The van der Waals surface area contributed by atoms with E-state index in [2.05, 4.69) is 0 Å². The van der Waals surface area contributed by atoms with Gasteiger partial charge in [-0.3, -0.25) is 4.79 Å². The number of hydrogen-bond donors (Lipinski definition) is 1. The van der Waals surface area contributed by atoms with Gasteiger partial charge < -0.3 is 19.2 Å². The van der Waals surface area contributed by atoms with Crippen LogP contribution in [0.4, 0.5) is 0 Å². The number of carboxylic acids is 1. The van der Waals surface area contributed by atoms with Crippen molar-refractivity contribution in [3.63, 3.8) is 0 Å². The molecule has 1 fully saturated rings. The van der Waals surface area contributed by atoms with Gasteiger partial charge in [-0.25, -0.2) is 4.79 Å². The summed E-state index contributed by atoms with van der Waals surface area (Å²) in [5.74, 6) is 0.497. The van der Waals surface area contributed by atoms with E-state index in [1.165, 1.54) is 4.90 Å². The van der Waals surface area contributed by atoms with Gasteiger partial charge in [0.25, 0.3) is 0 Å². The van der Waals surface area contributed by atoms with Crippen molar-refractivity contribution < 1.29 is 23.8 Å². The fourth-order valence-corrected chi connectivity index (χ4v) is 2.03. The number of rotatable bonds is 4. The highest BCUT2D eigenvalue weighted by Gasteiger charge is 2.28. The molecule has 1 aliphatic rings. The maximum absolute atomic E-state index is 12.0. The monoisotopic (exact) mass is 267 g/mol. The third kappa shape index (κ3) is 3.57. The number of carboxylic acid groups (broad SMARTS) is 1. The zero-order valence-electron chi connectivity index (χ0n) is 10.8. The minimum absolute atomic E-state index is 0.0661. The summed E-state index contributed by atoms with van der Waals surface area (Å²) >= 11 is 0. The molecule has 0 spiro atoms. The van der Waals surface area contributed by atoms with Crippen molar-refractivity contribution in [1.82, 2.24) is 4.90 Å². The summed E-state index contributed by atoms with van der Waals surface area (Å²) in [5.41, 5.74) is 0. The first-order valence-corrected chi connectivity index (χ1v) is 6.24. The molecule has 0 aromatic carbocycles. The summed E-state index contributed by atoms with van der Waals surface area (Å²) in [6, 6.07) is 3.71. The first-order chi connectivity index (χ1) is 9.06. The minimum atomic E-state index is -1.03. The van der Waals surface area contributed by atoms with E-state index in [1.54, 1.807) is 0 Å². The number of hydrogen-bond acceptors (Lipinski definition) is 4. The van der Waals surface area contributed by atoms with Gasteiger partial charge in [0, 0.05) is 19.4 Å². The molecule has 6 nitrogen and oxygen atoms in total. The lowest BCUT2D eigenvalue weighted by Crippen LogP contribution is -2.48. The van der Waals surface area contributed by atoms with E-state index in [4.69, 9.17) is 14.3 Å². The number of nitrogens with zero attached hydrogens (tertiary/aromatic N) is 1. The fourth-order valence-electron chi connectivity index (χ4n) is 2.03. The molecular weight excluding hydrogens is 250 g/mol. The smallest absolute Gasteiger partial charge is 0.334 e. The Morgan fingerprint density at radius 1 is 1.47 bits per heavy atom. The Balaban J connectivity index is 1.84. The topological polar surface area (TPSA) is 80.0 Å². The molecule has 0 bridgehead atoms. The Labute approximate surface area is 110 Å². The maximum Gasteiger partial charge on any atom is 0.334 e. The number of carbonyl (C=O) groups is 2. The van der Waals surface area contributed by atoms with Crippen LogP contribution in [0.1, 0.15) is 17.9 Å². The molecule has 6 heteroatoms. The first kappa shape index (κ1) is 13.6.